The first-order valence-corrected chi connectivity index (χ1v) is 7.37. The van der Waals surface area contributed by atoms with E-state index in [4.69, 9.17) is 0 Å². The summed E-state index contributed by atoms with van der Waals surface area (Å²) in [5, 5.41) is 3.40. The molecule has 0 spiro atoms. The molecule has 106 valence electrons. The Kier molecular flexibility index (Phi) is 5.34. The first kappa shape index (κ1) is 14.5. The summed E-state index contributed by atoms with van der Waals surface area (Å²) in [5.41, 5.74) is 2.31. The Labute approximate surface area is 116 Å². The van der Waals surface area contributed by atoms with Crippen LogP contribution in [0, 0.1) is 18.7 Å². The highest BCUT2D eigenvalue weighted by Crippen LogP contribution is 2.17. The topological polar surface area (TPSA) is 15.3 Å². The minimum absolute atomic E-state index is 0.126. The van der Waals surface area contributed by atoms with Crippen molar-refractivity contribution in [1.29, 1.82) is 0 Å². The fourth-order valence-electron chi connectivity index (χ4n) is 2.79. The molecule has 2 rings (SSSR count). The minimum atomic E-state index is -0.126. The van der Waals surface area contributed by atoms with E-state index in [1.54, 1.807) is 12.1 Å². The molecule has 1 heterocycles. The number of nitrogens with zero attached hydrogens (tertiary/aromatic N) is 1. The van der Waals surface area contributed by atoms with Gasteiger partial charge in [-0.1, -0.05) is 13.0 Å². The summed E-state index contributed by atoms with van der Waals surface area (Å²) in [6.45, 7) is 9.56. The molecule has 0 aliphatic carbocycles. The van der Waals surface area contributed by atoms with Gasteiger partial charge < -0.3 is 5.32 Å². The Bertz CT molecular complexity index is 400. The third-order valence-corrected chi connectivity index (χ3v) is 4.13. The number of nitrogens with one attached hydrogen (secondary N) is 1. The van der Waals surface area contributed by atoms with Crippen molar-refractivity contribution in [2.75, 3.05) is 26.2 Å². The SMILES string of the molecule is CCN(Cc1cc(F)ccc1C)CC1CCNCC1. The average molecular weight is 264 g/mol. The van der Waals surface area contributed by atoms with Crippen LogP contribution >= 0.6 is 0 Å². The van der Waals surface area contributed by atoms with Crippen LogP contribution in [0.1, 0.15) is 30.9 Å². The second kappa shape index (κ2) is 7.01. The molecular formula is C16H25FN2. The molecule has 0 bridgehead atoms. The molecular weight excluding hydrogens is 239 g/mol. The van der Waals surface area contributed by atoms with Gasteiger partial charge in [0.2, 0.25) is 0 Å². The van der Waals surface area contributed by atoms with Gasteiger partial charge in [0.25, 0.3) is 0 Å². The highest BCUT2D eigenvalue weighted by molar-refractivity contribution is 5.26. The Balaban J connectivity index is 1.95. The van der Waals surface area contributed by atoms with Gasteiger partial charge in [0.05, 0.1) is 0 Å². The van der Waals surface area contributed by atoms with E-state index in [9.17, 15) is 4.39 Å². The molecule has 0 amide bonds. The molecule has 0 atom stereocenters. The van der Waals surface area contributed by atoms with Crippen LogP contribution < -0.4 is 5.32 Å². The van der Waals surface area contributed by atoms with Crippen molar-refractivity contribution in [3.8, 4) is 0 Å². The molecule has 1 saturated heterocycles. The zero-order chi connectivity index (χ0) is 13.7. The summed E-state index contributed by atoms with van der Waals surface area (Å²) in [5.74, 6) is 0.661. The molecule has 0 unspecified atom stereocenters. The molecule has 0 radical (unpaired) electrons. The lowest BCUT2D eigenvalue weighted by Crippen LogP contribution is -2.36. The van der Waals surface area contributed by atoms with Crippen LogP contribution in [0.15, 0.2) is 18.2 Å². The van der Waals surface area contributed by atoms with E-state index in [2.05, 4.69) is 24.1 Å². The average Bonchev–Trinajstić information content (AvgIpc) is 2.43. The Morgan fingerprint density at radius 2 is 2.05 bits per heavy atom. The van der Waals surface area contributed by atoms with Crippen molar-refractivity contribution < 1.29 is 4.39 Å². The maximum Gasteiger partial charge on any atom is 0.123 e. The van der Waals surface area contributed by atoms with Crippen molar-refractivity contribution in [3.05, 3.63) is 35.1 Å². The van der Waals surface area contributed by atoms with Crippen LogP contribution in [-0.2, 0) is 6.54 Å². The highest BCUT2D eigenvalue weighted by Gasteiger charge is 2.16. The fourth-order valence-corrected chi connectivity index (χ4v) is 2.79. The lowest BCUT2D eigenvalue weighted by molar-refractivity contribution is 0.206. The summed E-state index contributed by atoms with van der Waals surface area (Å²) in [6.07, 6.45) is 2.53. The lowest BCUT2D eigenvalue weighted by atomic mass is 9.97. The highest BCUT2D eigenvalue weighted by atomic mass is 19.1. The molecule has 1 aliphatic heterocycles. The molecule has 0 aromatic heterocycles. The maximum atomic E-state index is 13.3. The van der Waals surface area contributed by atoms with Gasteiger partial charge in [-0.25, -0.2) is 4.39 Å². The Morgan fingerprint density at radius 3 is 2.74 bits per heavy atom. The van der Waals surface area contributed by atoms with Crippen LogP contribution in [-0.4, -0.2) is 31.1 Å². The number of rotatable bonds is 5. The molecule has 1 aliphatic rings. The lowest BCUT2D eigenvalue weighted by Gasteiger charge is -2.29. The molecule has 19 heavy (non-hydrogen) atoms. The number of hydrogen-bond donors (Lipinski definition) is 1. The smallest absolute Gasteiger partial charge is 0.123 e. The number of halogens is 1. The van der Waals surface area contributed by atoms with E-state index in [1.165, 1.54) is 18.4 Å². The van der Waals surface area contributed by atoms with Gasteiger partial charge in [0.1, 0.15) is 5.82 Å². The first-order chi connectivity index (χ1) is 9.19. The third kappa shape index (κ3) is 4.29. The van der Waals surface area contributed by atoms with Crippen molar-refractivity contribution in [2.24, 2.45) is 5.92 Å². The summed E-state index contributed by atoms with van der Waals surface area (Å²) in [6, 6.07) is 5.10. The van der Waals surface area contributed by atoms with Crippen LogP contribution in [0.4, 0.5) is 4.39 Å². The monoisotopic (exact) mass is 264 g/mol. The fraction of sp³-hybridized carbons (Fsp3) is 0.625. The molecule has 1 aromatic rings. The second-order valence-electron chi connectivity index (χ2n) is 5.59. The van der Waals surface area contributed by atoms with Crippen molar-refractivity contribution in [3.63, 3.8) is 0 Å². The molecule has 2 nitrogen and oxygen atoms in total. The molecule has 3 heteroatoms. The standard InChI is InChI=1S/C16H25FN2/c1-3-19(11-14-6-8-18-9-7-14)12-15-10-16(17)5-4-13(15)2/h4-5,10,14,18H,3,6-9,11-12H2,1-2H3. The zero-order valence-electron chi connectivity index (χ0n) is 12.1. The van der Waals surface area contributed by atoms with E-state index < -0.39 is 0 Å². The van der Waals surface area contributed by atoms with Crippen molar-refractivity contribution >= 4 is 0 Å². The largest absolute Gasteiger partial charge is 0.317 e. The maximum absolute atomic E-state index is 13.3. The van der Waals surface area contributed by atoms with E-state index in [0.717, 1.165) is 44.2 Å². The zero-order valence-corrected chi connectivity index (χ0v) is 12.1. The predicted octanol–water partition coefficient (Wildman–Crippen LogP) is 2.96. The predicted molar refractivity (Wildman–Crippen MR) is 77.7 cm³/mol. The molecule has 1 fully saturated rings. The van der Waals surface area contributed by atoms with Crippen molar-refractivity contribution in [1.82, 2.24) is 10.2 Å². The Hall–Kier alpha value is -0.930. The van der Waals surface area contributed by atoms with Gasteiger partial charge in [-0.2, -0.15) is 0 Å². The quantitative estimate of drug-likeness (QED) is 0.879. The third-order valence-electron chi connectivity index (χ3n) is 4.13. The van der Waals surface area contributed by atoms with Gasteiger partial charge >= 0.3 is 0 Å². The number of piperidine rings is 1. The van der Waals surface area contributed by atoms with Crippen LogP contribution in [0.3, 0.4) is 0 Å². The van der Waals surface area contributed by atoms with E-state index in [-0.39, 0.29) is 5.82 Å². The van der Waals surface area contributed by atoms with E-state index in [1.807, 2.05) is 6.07 Å². The summed E-state index contributed by atoms with van der Waals surface area (Å²) < 4.78 is 13.3. The van der Waals surface area contributed by atoms with Gasteiger partial charge in [-0.05, 0) is 68.6 Å². The summed E-state index contributed by atoms with van der Waals surface area (Å²) in [4.78, 5) is 2.44. The number of hydrogen-bond acceptors (Lipinski definition) is 2. The molecule has 1 aromatic carbocycles. The van der Waals surface area contributed by atoms with E-state index >= 15 is 0 Å². The second-order valence-corrected chi connectivity index (χ2v) is 5.59. The van der Waals surface area contributed by atoms with Gasteiger partial charge in [-0.15, -0.1) is 0 Å². The van der Waals surface area contributed by atoms with Crippen LogP contribution in [0.2, 0.25) is 0 Å². The Morgan fingerprint density at radius 1 is 1.32 bits per heavy atom. The van der Waals surface area contributed by atoms with Gasteiger partial charge in [-0.3, -0.25) is 4.90 Å². The summed E-state index contributed by atoms with van der Waals surface area (Å²) >= 11 is 0. The minimum Gasteiger partial charge on any atom is -0.317 e. The van der Waals surface area contributed by atoms with Crippen LogP contribution in [0.5, 0.6) is 0 Å². The van der Waals surface area contributed by atoms with Crippen LogP contribution in [0.25, 0.3) is 0 Å². The molecule has 0 saturated carbocycles. The summed E-state index contributed by atoms with van der Waals surface area (Å²) in [7, 11) is 0. The number of benzene rings is 1. The van der Waals surface area contributed by atoms with E-state index in [0.29, 0.717) is 0 Å². The van der Waals surface area contributed by atoms with Gasteiger partial charge in [0, 0.05) is 13.1 Å². The normalized spacial score (nSPS) is 17.1. The van der Waals surface area contributed by atoms with Gasteiger partial charge in [0.15, 0.2) is 0 Å². The first-order valence-electron chi connectivity index (χ1n) is 7.37. The molecule has 1 N–H and O–H groups in total. The van der Waals surface area contributed by atoms with Crippen molar-refractivity contribution in [2.45, 2.75) is 33.2 Å². The number of aryl methyl sites for hydroxylation is 1.